The monoisotopic (exact) mass is 430 g/mol. The molecule has 1 aromatic heterocycles. The Morgan fingerprint density at radius 3 is 2.76 bits per heavy atom. The van der Waals surface area contributed by atoms with Crippen molar-refractivity contribution in [1.82, 2.24) is 15.2 Å². The molecule has 0 spiro atoms. The van der Waals surface area contributed by atoms with Crippen molar-refractivity contribution in [2.24, 2.45) is 10.9 Å². The summed E-state index contributed by atoms with van der Waals surface area (Å²) < 4.78 is 32.3. The predicted octanol–water partition coefficient (Wildman–Crippen LogP) is 1.99. The number of halogens is 2. The van der Waals surface area contributed by atoms with Gasteiger partial charge in [-0.15, -0.1) is 11.3 Å². The van der Waals surface area contributed by atoms with E-state index in [4.69, 9.17) is 9.84 Å². The Morgan fingerprint density at radius 1 is 1.48 bits per heavy atom. The molecule has 11 heteroatoms. The van der Waals surface area contributed by atoms with Crippen LogP contribution in [0.5, 0.6) is 0 Å². The van der Waals surface area contributed by atoms with Gasteiger partial charge in [0.15, 0.2) is 10.8 Å². The van der Waals surface area contributed by atoms with Crippen LogP contribution in [0.2, 0.25) is 0 Å². The Hall–Kier alpha value is -2.40. The van der Waals surface area contributed by atoms with E-state index < -0.39 is 24.4 Å². The number of nitrogens with one attached hydrogen (secondary N) is 1. The number of aliphatic imine (C=N–C) groups is 1. The molecule has 0 saturated carbocycles. The highest BCUT2D eigenvalue weighted by Crippen LogP contribution is 2.20. The first-order chi connectivity index (χ1) is 13.6. The van der Waals surface area contributed by atoms with E-state index in [2.05, 4.69) is 15.3 Å². The number of rotatable bonds is 10. The van der Waals surface area contributed by atoms with Gasteiger partial charge in [0.1, 0.15) is 0 Å². The summed E-state index contributed by atoms with van der Waals surface area (Å²) in [5.74, 6) is -4.49. The van der Waals surface area contributed by atoms with Gasteiger partial charge in [-0.25, -0.2) is 18.6 Å². The Bertz CT molecular complexity index is 790. The first-order valence-corrected chi connectivity index (χ1v) is 9.80. The molecule has 1 aromatic rings. The van der Waals surface area contributed by atoms with Crippen molar-refractivity contribution in [2.75, 3.05) is 33.3 Å². The molecule has 1 atom stereocenters. The third-order valence-corrected chi connectivity index (χ3v) is 4.85. The summed E-state index contributed by atoms with van der Waals surface area (Å²) in [6.07, 6.45) is 1.47. The van der Waals surface area contributed by atoms with Crippen LogP contribution < -0.4 is 5.32 Å². The van der Waals surface area contributed by atoms with Gasteiger partial charge in [-0.1, -0.05) is 6.92 Å². The van der Waals surface area contributed by atoms with Gasteiger partial charge < -0.3 is 15.2 Å². The lowest BCUT2D eigenvalue weighted by molar-refractivity contribution is -0.138. The molecule has 160 valence electrons. The Balaban J connectivity index is 2.25. The standard InChI is InChI=1S/C18H24F2N4O4S/c1-11(6-14(25)26)8-24(10-18(2,19)20)9-13-12(17(27)28-3)7-22-15(23-13)16-21-4-5-29-16/h4-5,11H,6-10H2,1-3H3,(H,22,23)(H,25,26). The van der Waals surface area contributed by atoms with Crippen molar-refractivity contribution in [3.63, 3.8) is 0 Å². The molecule has 2 heterocycles. The lowest BCUT2D eigenvalue weighted by Crippen LogP contribution is -2.43. The maximum atomic E-state index is 13.7. The predicted molar refractivity (Wildman–Crippen MR) is 104 cm³/mol. The third-order valence-electron chi connectivity index (χ3n) is 4.07. The molecule has 0 aliphatic carbocycles. The summed E-state index contributed by atoms with van der Waals surface area (Å²) in [5, 5.41) is 14.4. The number of ether oxygens (including phenoxy) is 1. The van der Waals surface area contributed by atoms with Crippen LogP contribution in [0.25, 0.3) is 0 Å². The average molecular weight is 430 g/mol. The molecule has 1 aliphatic rings. The number of esters is 1. The van der Waals surface area contributed by atoms with E-state index in [0.717, 1.165) is 6.92 Å². The lowest BCUT2D eigenvalue weighted by Gasteiger charge is -2.30. The number of amidine groups is 1. The highest BCUT2D eigenvalue weighted by molar-refractivity contribution is 7.11. The number of methoxy groups -OCH3 is 1. The second-order valence-electron chi connectivity index (χ2n) is 7.02. The maximum Gasteiger partial charge on any atom is 0.337 e. The fourth-order valence-corrected chi connectivity index (χ4v) is 3.62. The largest absolute Gasteiger partial charge is 0.481 e. The van der Waals surface area contributed by atoms with Gasteiger partial charge in [0.25, 0.3) is 5.92 Å². The fourth-order valence-electron chi connectivity index (χ4n) is 3.02. The van der Waals surface area contributed by atoms with Crippen molar-refractivity contribution in [3.05, 3.63) is 27.9 Å². The zero-order valence-corrected chi connectivity index (χ0v) is 17.3. The van der Waals surface area contributed by atoms with Gasteiger partial charge in [0.05, 0.1) is 25.8 Å². The minimum absolute atomic E-state index is 0.0117. The van der Waals surface area contributed by atoms with E-state index in [1.54, 1.807) is 18.5 Å². The molecule has 1 unspecified atom stereocenters. The van der Waals surface area contributed by atoms with Crippen LogP contribution in [-0.4, -0.2) is 72.0 Å². The number of alkyl halides is 2. The normalized spacial score (nSPS) is 15.7. The Labute approximate surface area is 171 Å². The van der Waals surface area contributed by atoms with E-state index in [0.29, 0.717) is 16.5 Å². The van der Waals surface area contributed by atoms with Crippen LogP contribution in [0.1, 0.15) is 25.3 Å². The highest BCUT2D eigenvalue weighted by Gasteiger charge is 2.30. The summed E-state index contributed by atoms with van der Waals surface area (Å²) in [4.78, 5) is 33.0. The quantitative estimate of drug-likeness (QED) is 0.547. The van der Waals surface area contributed by atoms with E-state index in [-0.39, 0.29) is 37.5 Å². The van der Waals surface area contributed by atoms with Gasteiger partial charge in [-0.2, -0.15) is 0 Å². The summed E-state index contributed by atoms with van der Waals surface area (Å²) in [6.45, 7) is 2.04. The lowest BCUT2D eigenvalue weighted by atomic mass is 10.1. The summed E-state index contributed by atoms with van der Waals surface area (Å²) >= 11 is 1.35. The smallest absolute Gasteiger partial charge is 0.337 e. The number of hydrogen-bond donors (Lipinski definition) is 2. The molecule has 0 radical (unpaired) electrons. The van der Waals surface area contributed by atoms with Gasteiger partial charge >= 0.3 is 11.9 Å². The molecule has 29 heavy (non-hydrogen) atoms. The fraction of sp³-hybridized carbons (Fsp3) is 0.556. The Kier molecular flexibility index (Phi) is 7.80. The van der Waals surface area contributed by atoms with Crippen LogP contribution in [0, 0.1) is 5.92 Å². The number of carbonyl (C=O) groups excluding carboxylic acids is 1. The molecule has 0 saturated heterocycles. The van der Waals surface area contributed by atoms with Crippen molar-refractivity contribution in [1.29, 1.82) is 0 Å². The van der Waals surface area contributed by atoms with Crippen molar-refractivity contribution >= 4 is 29.1 Å². The van der Waals surface area contributed by atoms with Gasteiger partial charge in [-0.3, -0.25) is 14.7 Å². The second-order valence-corrected chi connectivity index (χ2v) is 7.91. The average Bonchev–Trinajstić information content (AvgIpc) is 3.13. The maximum absolute atomic E-state index is 13.7. The first kappa shape index (κ1) is 22.9. The summed E-state index contributed by atoms with van der Waals surface area (Å²) in [6, 6.07) is 0. The van der Waals surface area contributed by atoms with Crippen LogP contribution in [-0.2, 0) is 14.3 Å². The van der Waals surface area contributed by atoms with E-state index in [9.17, 15) is 18.4 Å². The van der Waals surface area contributed by atoms with Gasteiger partial charge in [-0.05, 0) is 5.92 Å². The van der Waals surface area contributed by atoms with Crippen molar-refractivity contribution in [3.8, 4) is 0 Å². The summed E-state index contributed by atoms with van der Waals surface area (Å²) in [7, 11) is 1.24. The van der Waals surface area contributed by atoms with Gasteiger partial charge in [0, 0.05) is 43.7 Å². The Morgan fingerprint density at radius 2 is 2.21 bits per heavy atom. The molecule has 0 aromatic carbocycles. The van der Waals surface area contributed by atoms with E-state index in [1.165, 1.54) is 23.3 Å². The second kappa shape index (κ2) is 9.88. The van der Waals surface area contributed by atoms with E-state index >= 15 is 0 Å². The molecule has 0 bridgehead atoms. The summed E-state index contributed by atoms with van der Waals surface area (Å²) in [5.41, 5.74) is 0.631. The number of aliphatic carboxylic acids is 1. The highest BCUT2D eigenvalue weighted by atomic mass is 32.1. The van der Waals surface area contributed by atoms with Crippen LogP contribution in [0.3, 0.4) is 0 Å². The van der Waals surface area contributed by atoms with Crippen LogP contribution >= 0.6 is 11.3 Å². The molecule has 8 nitrogen and oxygen atoms in total. The molecule has 0 amide bonds. The molecular formula is C18H24F2N4O4S. The zero-order chi connectivity index (χ0) is 21.6. The van der Waals surface area contributed by atoms with Crippen molar-refractivity contribution < 1.29 is 28.2 Å². The van der Waals surface area contributed by atoms with E-state index in [1.807, 2.05) is 0 Å². The molecule has 2 N–H and O–H groups in total. The number of thiazole rings is 1. The van der Waals surface area contributed by atoms with Crippen molar-refractivity contribution in [2.45, 2.75) is 26.2 Å². The number of hydrogen-bond acceptors (Lipinski definition) is 8. The number of carboxylic acids is 1. The van der Waals surface area contributed by atoms with Crippen LogP contribution in [0.4, 0.5) is 8.78 Å². The molecule has 0 fully saturated rings. The number of nitrogens with zero attached hydrogens (tertiary/aromatic N) is 3. The van der Waals surface area contributed by atoms with Gasteiger partial charge in [0.2, 0.25) is 0 Å². The van der Waals surface area contributed by atoms with Crippen LogP contribution in [0.15, 0.2) is 27.8 Å². The number of carbonyl (C=O) groups is 2. The molecule has 1 aliphatic heterocycles. The SMILES string of the molecule is COC(=O)C1=C(CN(CC(C)CC(=O)O)CC(C)(F)F)NC(c2nccs2)=NC1. The zero-order valence-electron chi connectivity index (χ0n) is 16.4. The minimum Gasteiger partial charge on any atom is -0.481 e. The third kappa shape index (κ3) is 7.17. The first-order valence-electron chi connectivity index (χ1n) is 8.92. The molecule has 2 rings (SSSR count). The number of carboxylic acid groups (broad SMARTS) is 1. The topological polar surface area (TPSA) is 104 Å². The molecular weight excluding hydrogens is 406 g/mol. The minimum atomic E-state index is -2.99. The number of aromatic nitrogens is 1.